The smallest absolute Gasteiger partial charge is 0.263 e. The molecule has 0 N–H and O–H groups in total. The first-order valence-corrected chi connectivity index (χ1v) is 6.82. The molecule has 0 bridgehead atoms. The highest BCUT2D eigenvalue weighted by Crippen LogP contribution is 2.28. The fraction of sp³-hybridized carbons (Fsp3) is 0.462. The van der Waals surface area contributed by atoms with Gasteiger partial charge in [-0.15, -0.1) is 0 Å². The lowest BCUT2D eigenvalue weighted by Gasteiger charge is -2.29. The quantitative estimate of drug-likeness (QED) is 0.861. The van der Waals surface area contributed by atoms with E-state index in [1.807, 2.05) is 0 Å². The van der Waals surface area contributed by atoms with Gasteiger partial charge in [0.05, 0.1) is 18.2 Å². The third kappa shape index (κ3) is 3.75. The summed E-state index contributed by atoms with van der Waals surface area (Å²) in [6.45, 7) is 4.02. The van der Waals surface area contributed by atoms with Crippen LogP contribution in [0.3, 0.4) is 0 Å². The zero-order chi connectivity index (χ0) is 13.8. The van der Waals surface area contributed by atoms with Crippen molar-refractivity contribution in [3.63, 3.8) is 0 Å². The Bertz CT molecular complexity index is 461. The van der Waals surface area contributed by atoms with E-state index in [2.05, 4.69) is 0 Å². The highest BCUT2D eigenvalue weighted by Gasteiger charge is 2.24. The van der Waals surface area contributed by atoms with Gasteiger partial charge in [0.25, 0.3) is 5.91 Å². The molecule has 1 aromatic rings. The van der Waals surface area contributed by atoms with Gasteiger partial charge in [0.15, 0.2) is 6.10 Å². The Kier molecular flexibility index (Phi) is 4.91. The third-order valence-electron chi connectivity index (χ3n) is 2.87. The van der Waals surface area contributed by atoms with Crippen LogP contribution in [0.5, 0.6) is 5.75 Å². The van der Waals surface area contributed by atoms with E-state index in [1.165, 1.54) is 0 Å². The summed E-state index contributed by atoms with van der Waals surface area (Å²) in [5.41, 5.74) is 0. The monoisotopic (exact) mass is 303 g/mol. The van der Waals surface area contributed by atoms with E-state index < -0.39 is 6.10 Å². The van der Waals surface area contributed by atoms with Crippen LogP contribution >= 0.6 is 23.2 Å². The molecular formula is C13H15Cl2NO3. The molecule has 0 spiro atoms. The molecule has 1 aliphatic rings. The largest absolute Gasteiger partial charge is 0.479 e. The second-order valence-corrected chi connectivity index (χ2v) is 5.12. The summed E-state index contributed by atoms with van der Waals surface area (Å²) in [6.07, 6.45) is -0.603. The molecule has 0 aromatic heterocycles. The average Bonchev–Trinajstić information content (AvgIpc) is 2.43. The highest BCUT2D eigenvalue weighted by atomic mass is 35.5. The van der Waals surface area contributed by atoms with Gasteiger partial charge in [-0.25, -0.2) is 0 Å². The molecule has 1 atom stereocenters. The first-order chi connectivity index (χ1) is 9.08. The molecule has 0 unspecified atom stereocenters. The molecule has 4 nitrogen and oxygen atoms in total. The highest BCUT2D eigenvalue weighted by molar-refractivity contribution is 6.34. The maximum Gasteiger partial charge on any atom is 0.263 e. The molecule has 1 amide bonds. The van der Waals surface area contributed by atoms with E-state index in [-0.39, 0.29) is 5.91 Å². The summed E-state index contributed by atoms with van der Waals surface area (Å²) >= 11 is 11.9. The standard InChI is InChI=1S/C13H15Cl2NO3/c1-9(13(17)16-4-6-18-7-5-16)19-12-8-10(14)2-3-11(12)15/h2-3,8-9H,4-7H2,1H3/t9-/m0/s1. The Morgan fingerprint density at radius 3 is 2.74 bits per heavy atom. The first kappa shape index (κ1) is 14.4. The summed E-state index contributed by atoms with van der Waals surface area (Å²) < 4.78 is 10.8. The average molecular weight is 304 g/mol. The van der Waals surface area contributed by atoms with Crippen molar-refractivity contribution in [1.82, 2.24) is 4.90 Å². The summed E-state index contributed by atoms with van der Waals surface area (Å²) in [5.74, 6) is 0.350. The van der Waals surface area contributed by atoms with Crippen molar-refractivity contribution in [1.29, 1.82) is 0 Å². The Hall–Kier alpha value is -0.970. The SMILES string of the molecule is C[C@H](Oc1cc(Cl)ccc1Cl)C(=O)N1CCOCC1. The topological polar surface area (TPSA) is 38.8 Å². The predicted molar refractivity (Wildman–Crippen MR) is 74.0 cm³/mol. The van der Waals surface area contributed by atoms with Crippen molar-refractivity contribution in [2.45, 2.75) is 13.0 Å². The summed E-state index contributed by atoms with van der Waals surface area (Å²) in [6, 6.07) is 4.92. The van der Waals surface area contributed by atoms with Gasteiger partial charge in [-0.3, -0.25) is 4.79 Å². The number of rotatable bonds is 3. The van der Waals surface area contributed by atoms with E-state index in [9.17, 15) is 4.79 Å². The molecule has 2 rings (SSSR count). The van der Waals surface area contributed by atoms with E-state index in [0.717, 1.165) is 0 Å². The normalized spacial score (nSPS) is 17.1. The summed E-state index contributed by atoms with van der Waals surface area (Å²) in [7, 11) is 0. The molecule has 0 saturated carbocycles. The molecule has 1 fully saturated rings. The molecule has 1 saturated heterocycles. The lowest BCUT2D eigenvalue weighted by molar-refractivity contribution is -0.142. The van der Waals surface area contributed by atoms with Crippen molar-refractivity contribution < 1.29 is 14.3 Å². The summed E-state index contributed by atoms with van der Waals surface area (Å²) in [5, 5.41) is 0.955. The van der Waals surface area contributed by atoms with Crippen molar-refractivity contribution >= 4 is 29.1 Å². The fourth-order valence-corrected chi connectivity index (χ4v) is 2.17. The van der Waals surface area contributed by atoms with E-state index in [4.69, 9.17) is 32.7 Å². The number of hydrogen-bond donors (Lipinski definition) is 0. The number of amides is 1. The molecule has 0 aliphatic carbocycles. The van der Waals surface area contributed by atoms with Crippen molar-refractivity contribution in [3.8, 4) is 5.75 Å². The van der Waals surface area contributed by atoms with E-state index >= 15 is 0 Å². The van der Waals surface area contributed by atoms with Crippen LogP contribution in [0.4, 0.5) is 0 Å². The number of nitrogens with zero attached hydrogens (tertiary/aromatic N) is 1. The van der Waals surface area contributed by atoms with Crippen molar-refractivity contribution in [2.75, 3.05) is 26.3 Å². The van der Waals surface area contributed by atoms with E-state index in [0.29, 0.717) is 42.1 Å². The number of morpholine rings is 1. The van der Waals surface area contributed by atoms with Crippen molar-refractivity contribution in [2.24, 2.45) is 0 Å². The summed E-state index contributed by atoms with van der Waals surface area (Å²) in [4.78, 5) is 13.9. The van der Waals surface area contributed by atoms with Crippen LogP contribution in [0.15, 0.2) is 18.2 Å². The molecule has 1 heterocycles. The molecule has 6 heteroatoms. The van der Waals surface area contributed by atoms with Crippen LogP contribution in [0, 0.1) is 0 Å². The van der Waals surface area contributed by atoms with Crippen LogP contribution in [0.2, 0.25) is 10.0 Å². The molecule has 1 aliphatic heterocycles. The van der Waals surface area contributed by atoms with Crippen LogP contribution < -0.4 is 4.74 Å². The molecule has 1 aromatic carbocycles. The number of hydrogen-bond acceptors (Lipinski definition) is 3. The van der Waals surface area contributed by atoms with Gasteiger partial charge in [-0.2, -0.15) is 0 Å². The van der Waals surface area contributed by atoms with Crippen LogP contribution in [0.1, 0.15) is 6.92 Å². The Morgan fingerprint density at radius 1 is 1.37 bits per heavy atom. The van der Waals surface area contributed by atoms with Gasteiger partial charge >= 0.3 is 0 Å². The lowest BCUT2D eigenvalue weighted by atomic mass is 10.3. The number of ether oxygens (including phenoxy) is 2. The Morgan fingerprint density at radius 2 is 2.05 bits per heavy atom. The first-order valence-electron chi connectivity index (χ1n) is 6.06. The zero-order valence-electron chi connectivity index (χ0n) is 10.6. The second-order valence-electron chi connectivity index (χ2n) is 4.27. The van der Waals surface area contributed by atoms with Crippen LogP contribution in [-0.4, -0.2) is 43.2 Å². The minimum absolute atomic E-state index is 0.0701. The Balaban J connectivity index is 2.01. The molecule has 0 radical (unpaired) electrons. The zero-order valence-corrected chi connectivity index (χ0v) is 12.1. The van der Waals surface area contributed by atoms with Crippen LogP contribution in [0.25, 0.3) is 0 Å². The minimum Gasteiger partial charge on any atom is -0.479 e. The predicted octanol–water partition coefficient (Wildman–Crippen LogP) is 2.62. The van der Waals surface area contributed by atoms with Gasteiger partial charge in [0, 0.05) is 24.2 Å². The van der Waals surface area contributed by atoms with E-state index in [1.54, 1.807) is 30.0 Å². The number of halogens is 2. The number of carbonyl (C=O) groups excluding carboxylic acids is 1. The number of carbonyl (C=O) groups is 1. The van der Waals surface area contributed by atoms with Crippen molar-refractivity contribution in [3.05, 3.63) is 28.2 Å². The van der Waals surface area contributed by atoms with Gasteiger partial charge in [0.1, 0.15) is 5.75 Å². The lowest BCUT2D eigenvalue weighted by Crippen LogP contribution is -2.46. The maximum absolute atomic E-state index is 12.2. The minimum atomic E-state index is -0.603. The van der Waals surface area contributed by atoms with Gasteiger partial charge in [-0.05, 0) is 19.1 Å². The van der Waals surface area contributed by atoms with Gasteiger partial charge < -0.3 is 14.4 Å². The molecular weight excluding hydrogens is 289 g/mol. The Labute approximate surface area is 122 Å². The molecule has 19 heavy (non-hydrogen) atoms. The fourth-order valence-electron chi connectivity index (χ4n) is 1.85. The van der Waals surface area contributed by atoms with Gasteiger partial charge in [-0.1, -0.05) is 23.2 Å². The molecule has 104 valence electrons. The third-order valence-corrected chi connectivity index (χ3v) is 3.41. The second kappa shape index (κ2) is 6.46. The van der Waals surface area contributed by atoms with Crippen LogP contribution in [-0.2, 0) is 9.53 Å². The van der Waals surface area contributed by atoms with Gasteiger partial charge in [0.2, 0.25) is 0 Å². The maximum atomic E-state index is 12.2. The number of benzene rings is 1.